The molecule has 1 aromatic carbocycles. The molecule has 2 rings (SSSR count). The molecule has 0 atom stereocenters. The fourth-order valence-corrected chi connectivity index (χ4v) is 2.09. The van der Waals surface area contributed by atoms with Crippen molar-refractivity contribution in [3.05, 3.63) is 53.6 Å². The Labute approximate surface area is 154 Å². The fourth-order valence-electron chi connectivity index (χ4n) is 2.09. The minimum atomic E-state index is -0.00859. The first-order valence-electron chi connectivity index (χ1n) is 7.18. The number of hydrogen-bond acceptors (Lipinski definition) is 1. The maximum absolute atomic E-state index is 10.3. The molecule has 0 saturated heterocycles. The third-order valence-electron chi connectivity index (χ3n) is 3.24. The van der Waals surface area contributed by atoms with E-state index in [2.05, 4.69) is 53.7 Å². The van der Waals surface area contributed by atoms with Crippen molar-refractivity contribution in [3.8, 4) is 5.75 Å². The van der Waals surface area contributed by atoms with Gasteiger partial charge in [-0.3, -0.25) is 15.5 Å². The number of aromatic hydroxyl groups is 1. The van der Waals surface area contributed by atoms with Crippen LogP contribution in [0, 0.1) is 6.08 Å². The Morgan fingerprint density at radius 2 is 1.35 bits per heavy atom. The number of rotatable bonds is 0. The summed E-state index contributed by atoms with van der Waals surface area (Å²) in [6.07, 6.45) is 10.0. The van der Waals surface area contributed by atoms with Crippen molar-refractivity contribution in [3.63, 3.8) is 0 Å². The Balaban J connectivity index is -0.000000431. The van der Waals surface area contributed by atoms with E-state index >= 15 is 0 Å². The van der Waals surface area contributed by atoms with Crippen LogP contribution in [0.15, 0.2) is 36.4 Å². The summed E-state index contributed by atoms with van der Waals surface area (Å²) in [6, 6.07) is 6.04. The summed E-state index contributed by atoms with van der Waals surface area (Å²) >= 11 is 0. The molecule has 0 aliphatic heterocycles. The van der Waals surface area contributed by atoms with Gasteiger partial charge < -0.3 is 5.11 Å². The minimum absolute atomic E-state index is 0. The summed E-state index contributed by atoms with van der Waals surface area (Å²) < 4.78 is 0. The van der Waals surface area contributed by atoms with Crippen LogP contribution in [0.2, 0.25) is 0 Å². The summed E-state index contributed by atoms with van der Waals surface area (Å²) in [5.74, 6) is 0.456. The van der Waals surface area contributed by atoms with Crippen LogP contribution >= 0.6 is 0 Å². The number of hydrogen-bond donors (Lipinski definition) is 1. The van der Waals surface area contributed by atoms with Crippen molar-refractivity contribution >= 4 is 0 Å². The second-order valence-electron chi connectivity index (χ2n) is 7.20. The third-order valence-corrected chi connectivity index (χ3v) is 3.24. The number of halogens is 2. The molecule has 0 amide bonds. The van der Waals surface area contributed by atoms with E-state index < -0.39 is 0 Å². The van der Waals surface area contributed by atoms with E-state index in [4.69, 9.17) is 0 Å². The minimum Gasteiger partial charge on any atom is -0.507 e. The van der Waals surface area contributed by atoms with E-state index in [1.807, 2.05) is 30.4 Å². The smallest absolute Gasteiger partial charge is 0.123 e. The molecule has 1 aromatic rings. The van der Waals surface area contributed by atoms with Gasteiger partial charge in [-0.05, 0) is 22.0 Å². The van der Waals surface area contributed by atoms with E-state index in [0.29, 0.717) is 5.75 Å². The number of phenols is 1. The third kappa shape index (κ3) is 8.48. The predicted octanol–water partition coefficient (Wildman–Crippen LogP) is 5.60. The molecule has 1 N–H and O–H groups in total. The maximum atomic E-state index is 10.3. The number of para-hydroxylation sites is 1. The van der Waals surface area contributed by atoms with Crippen LogP contribution in [-0.4, -0.2) is 5.11 Å². The van der Waals surface area contributed by atoms with Crippen molar-refractivity contribution < 1.29 is 36.2 Å². The van der Waals surface area contributed by atoms with Gasteiger partial charge in [-0.1, -0.05) is 59.7 Å². The molecule has 0 radical (unpaired) electrons. The summed E-state index contributed by atoms with van der Waals surface area (Å²) in [7, 11) is 0. The Morgan fingerprint density at radius 1 is 0.913 bits per heavy atom. The van der Waals surface area contributed by atoms with Crippen molar-refractivity contribution in [2.24, 2.45) is 0 Å². The Bertz CT molecular complexity index is 467. The number of benzene rings is 1. The van der Waals surface area contributed by atoms with Crippen LogP contribution in [0.3, 0.4) is 0 Å². The molecule has 130 valence electrons. The quantitative estimate of drug-likeness (QED) is 0.473. The molecule has 1 aliphatic rings. The summed E-state index contributed by atoms with van der Waals surface area (Å²) in [4.78, 5) is 0. The topological polar surface area (TPSA) is 20.2 Å². The molecule has 1 nitrogen and oxygen atoms in total. The molecular formula is C19H29F2OTi-. The standard InChI is InChI=1S/C14H22O.C5H5.2FH.Ti/c1-13(2,3)10-8-7-9-11(12(10)15)14(4,5)6;1-2-4-5-3-1;;;/h7-9,15H,1-6H3;1-3H,4H2;2*1H;/q;-1;;;. The fraction of sp³-hybridized carbons (Fsp3) is 0.474. The first kappa shape index (κ1) is 26.9. The SMILES string of the molecule is CC(C)(C)c1cccc(C(C)(C)C)c1O.F.F.[C-]1=CC=CC1.[Ti]. The summed E-state index contributed by atoms with van der Waals surface area (Å²) in [6.45, 7) is 12.7. The van der Waals surface area contributed by atoms with Crippen LogP contribution in [0.5, 0.6) is 5.75 Å². The zero-order valence-corrected chi connectivity index (χ0v) is 16.5. The van der Waals surface area contributed by atoms with Crippen LogP contribution in [0.25, 0.3) is 0 Å². The maximum Gasteiger partial charge on any atom is 0.123 e. The second kappa shape index (κ2) is 10.8. The van der Waals surface area contributed by atoms with E-state index in [-0.39, 0.29) is 42.0 Å². The van der Waals surface area contributed by atoms with Crippen LogP contribution in [-0.2, 0) is 32.5 Å². The van der Waals surface area contributed by atoms with Gasteiger partial charge in [0.05, 0.1) is 0 Å². The molecule has 0 bridgehead atoms. The molecule has 0 heterocycles. The summed E-state index contributed by atoms with van der Waals surface area (Å²) in [5, 5.41) is 10.3. The molecule has 0 unspecified atom stereocenters. The van der Waals surface area contributed by atoms with Gasteiger partial charge in [-0.25, -0.2) is 12.2 Å². The molecule has 0 spiro atoms. The van der Waals surface area contributed by atoms with E-state index in [0.717, 1.165) is 17.5 Å². The van der Waals surface area contributed by atoms with E-state index in [1.165, 1.54) is 0 Å². The first-order valence-corrected chi connectivity index (χ1v) is 7.18. The molecular weight excluding hydrogens is 330 g/mol. The van der Waals surface area contributed by atoms with Gasteiger partial charge in [0.15, 0.2) is 0 Å². The van der Waals surface area contributed by atoms with Gasteiger partial charge >= 0.3 is 0 Å². The molecule has 4 heteroatoms. The van der Waals surface area contributed by atoms with Crippen molar-refractivity contribution in [1.29, 1.82) is 0 Å². The van der Waals surface area contributed by atoms with Crippen LogP contribution in [0.1, 0.15) is 59.1 Å². The van der Waals surface area contributed by atoms with Gasteiger partial charge in [-0.15, -0.1) is 6.42 Å². The molecule has 23 heavy (non-hydrogen) atoms. The normalized spacial score (nSPS) is 12.3. The van der Waals surface area contributed by atoms with Gasteiger partial charge in [0.25, 0.3) is 0 Å². The number of allylic oxidation sites excluding steroid dienone is 4. The van der Waals surface area contributed by atoms with Gasteiger partial charge in [0, 0.05) is 21.7 Å². The molecule has 1 aliphatic carbocycles. The van der Waals surface area contributed by atoms with Gasteiger partial charge in [0.1, 0.15) is 5.75 Å². The average Bonchev–Trinajstić information content (AvgIpc) is 2.84. The average molecular weight is 359 g/mol. The van der Waals surface area contributed by atoms with Gasteiger partial charge in [0.2, 0.25) is 0 Å². The Hall–Kier alpha value is -0.926. The zero-order chi connectivity index (χ0) is 15.4. The molecule has 0 fully saturated rings. The van der Waals surface area contributed by atoms with E-state index in [9.17, 15) is 5.11 Å². The number of phenolic OH excluding ortho intramolecular Hbond substituents is 1. The van der Waals surface area contributed by atoms with Crippen molar-refractivity contribution in [2.75, 3.05) is 0 Å². The Morgan fingerprint density at radius 3 is 1.57 bits per heavy atom. The van der Waals surface area contributed by atoms with Crippen molar-refractivity contribution in [1.82, 2.24) is 0 Å². The van der Waals surface area contributed by atoms with Crippen LogP contribution in [0.4, 0.5) is 9.41 Å². The molecule has 0 aromatic heterocycles. The predicted molar refractivity (Wildman–Crippen MR) is 92.1 cm³/mol. The van der Waals surface area contributed by atoms with Gasteiger partial charge in [-0.2, -0.15) is 6.08 Å². The summed E-state index contributed by atoms with van der Waals surface area (Å²) in [5.41, 5.74) is 2.03. The second-order valence-corrected chi connectivity index (χ2v) is 7.20. The van der Waals surface area contributed by atoms with Crippen LogP contribution < -0.4 is 0 Å². The molecule has 0 saturated carbocycles. The van der Waals surface area contributed by atoms with Crippen molar-refractivity contribution in [2.45, 2.75) is 58.8 Å². The largest absolute Gasteiger partial charge is 0.507 e. The monoisotopic (exact) mass is 359 g/mol. The van der Waals surface area contributed by atoms with E-state index in [1.54, 1.807) is 0 Å². The zero-order valence-electron chi connectivity index (χ0n) is 14.9. The first-order chi connectivity index (χ1) is 9.14. The Kier molecular flexibility index (Phi) is 12.6.